The van der Waals surface area contributed by atoms with Gasteiger partial charge in [-0.15, -0.1) is 0 Å². The zero-order chi connectivity index (χ0) is 18.0. The van der Waals surface area contributed by atoms with Crippen LogP contribution < -0.4 is 0 Å². The summed E-state index contributed by atoms with van der Waals surface area (Å²) >= 11 is 0. The van der Waals surface area contributed by atoms with Crippen LogP contribution in [0.1, 0.15) is 44.5 Å². The summed E-state index contributed by atoms with van der Waals surface area (Å²) in [5.41, 5.74) is 8.31. The number of nitrogens with zero attached hydrogens (tertiary/aromatic N) is 2. The fourth-order valence-corrected chi connectivity index (χ4v) is 3.54. The third-order valence-corrected chi connectivity index (χ3v) is 4.25. The molecule has 0 aromatic heterocycles. The second-order valence-corrected chi connectivity index (χ2v) is 6.44. The lowest BCUT2D eigenvalue weighted by Crippen LogP contribution is -2.22. The normalized spacial score (nSPS) is 12.6. The summed E-state index contributed by atoms with van der Waals surface area (Å²) in [6.45, 7) is 11.9. The summed E-state index contributed by atoms with van der Waals surface area (Å²) in [5, 5.41) is 26.4. The molecule has 0 radical (unpaired) electrons. The predicted molar refractivity (Wildman–Crippen MR) is 98.0 cm³/mol. The van der Waals surface area contributed by atoms with Gasteiger partial charge in [0.05, 0.1) is 0 Å². The lowest BCUT2D eigenvalue weighted by atomic mass is 9.88. The molecule has 2 aromatic carbocycles. The van der Waals surface area contributed by atoms with Crippen molar-refractivity contribution in [3.8, 4) is 0 Å². The molecular formula is C20H24N2O2. The second kappa shape index (κ2) is 6.87. The molecule has 0 unspecified atom stereocenters. The van der Waals surface area contributed by atoms with Crippen molar-refractivity contribution in [1.82, 2.24) is 0 Å². The van der Waals surface area contributed by atoms with Gasteiger partial charge in [0.25, 0.3) is 0 Å². The average molecular weight is 324 g/mol. The Morgan fingerprint density at radius 3 is 1.04 bits per heavy atom. The third kappa shape index (κ3) is 3.18. The SMILES string of the molecule is Cc1cc(C)c(C(=N\O)/C(=N/O)c2c(C)cc(C)cc2C)c(C)c1. The van der Waals surface area contributed by atoms with Crippen molar-refractivity contribution in [2.75, 3.05) is 0 Å². The molecular weight excluding hydrogens is 300 g/mol. The van der Waals surface area contributed by atoms with Gasteiger partial charge in [-0.25, -0.2) is 0 Å². The first kappa shape index (κ1) is 17.7. The topological polar surface area (TPSA) is 65.2 Å². The molecule has 0 fully saturated rings. The molecule has 2 N–H and O–H groups in total. The molecule has 0 aliphatic rings. The van der Waals surface area contributed by atoms with Crippen LogP contribution in [-0.2, 0) is 0 Å². The maximum absolute atomic E-state index is 9.69. The van der Waals surface area contributed by atoms with E-state index >= 15 is 0 Å². The first-order chi connectivity index (χ1) is 11.3. The molecule has 4 nitrogen and oxygen atoms in total. The van der Waals surface area contributed by atoms with Gasteiger partial charge in [0.2, 0.25) is 0 Å². The van der Waals surface area contributed by atoms with E-state index in [9.17, 15) is 10.4 Å². The van der Waals surface area contributed by atoms with Crippen LogP contribution in [0.4, 0.5) is 0 Å². The van der Waals surface area contributed by atoms with Crippen LogP contribution >= 0.6 is 0 Å². The van der Waals surface area contributed by atoms with Gasteiger partial charge in [0.15, 0.2) is 0 Å². The van der Waals surface area contributed by atoms with E-state index in [1.165, 1.54) is 0 Å². The Morgan fingerprint density at radius 1 is 0.583 bits per heavy atom. The van der Waals surface area contributed by atoms with Crippen LogP contribution in [0.25, 0.3) is 0 Å². The fourth-order valence-electron chi connectivity index (χ4n) is 3.54. The summed E-state index contributed by atoms with van der Waals surface area (Å²) in [6, 6.07) is 8.10. The van der Waals surface area contributed by atoms with Crippen molar-refractivity contribution >= 4 is 11.4 Å². The highest BCUT2D eigenvalue weighted by Gasteiger charge is 2.23. The molecule has 126 valence electrons. The summed E-state index contributed by atoms with van der Waals surface area (Å²) < 4.78 is 0. The molecule has 0 aliphatic carbocycles. The minimum atomic E-state index is 0.280. The summed E-state index contributed by atoms with van der Waals surface area (Å²) in [4.78, 5) is 0. The largest absolute Gasteiger partial charge is 0.410 e. The predicted octanol–water partition coefficient (Wildman–Crippen LogP) is 4.59. The van der Waals surface area contributed by atoms with Crippen LogP contribution in [0.2, 0.25) is 0 Å². The van der Waals surface area contributed by atoms with Gasteiger partial charge >= 0.3 is 0 Å². The quantitative estimate of drug-likeness (QED) is 0.492. The molecule has 0 atom stereocenters. The van der Waals surface area contributed by atoms with Gasteiger partial charge in [-0.1, -0.05) is 45.7 Å². The summed E-state index contributed by atoms with van der Waals surface area (Å²) in [6.07, 6.45) is 0. The second-order valence-electron chi connectivity index (χ2n) is 6.44. The van der Waals surface area contributed by atoms with Crippen LogP contribution in [0.3, 0.4) is 0 Å². The molecule has 0 saturated carbocycles. The molecule has 2 rings (SSSR count). The molecule has 0 bridgehead atoms. The lowest BCUT2D eigenvalue weighted by Gasteiger charge is -2.17. The number of benzene rings is 2. The van der Waals surface area contributed by atoms with E-state index in [4.69, 9.17) is 0 Å². The zero-order valence-electron chi connectivity index (χ0n) is 15.1. The Labute approximate surface area is 143 Å². The van der Waals surface area contributed by atoms with E-state index in [1.54, 1.807) is 0 Å². The highest BCUT2D eigenvalue weighted by atomic mass is 16.4. The van der Waals surface area contributed by atoms with Gasteiger partial charge < -0.3 is 10.4 Å². The number of aryl methyl sites for hydroxylation is 6. The Balaban J connectivity index is 2.72. The van der Waals surface area contributed by atoms with Gasteiger partial charge in [-0.2, -0.15) is 0 Å². The van der Waals surface area contributed by atoms with Gasteiger partial charge in [-0.3, -0.25) is 0 Å². The number of oxime groups is 2. The monoisotopic (exact) mass is 324 g/mol. The Hall–Kier alpha value is -2.62. The lowest BCUT2D eigenvalue weighted by molar-refractivity contribution is 0.314. The number of hydrogen-bond donors (Lipinski definition) is 2. The van der Waals surface area contributed by atoms with Gasteiger partial charge in [0, 0.05) is 11.1 Å². The van der Waals surface area contributed by atoms with Crippen LogP contribution in [0.15, 0.2) is 34.6 Å². The smallest absolute Gasteiger partial charge is 0.140 e. The van der Waals surface area contributed by atoms with Crippen molar-refractivity contribution in [3.63, 3.8) is 0 Å². The van der Waals surface area contributed by atoms with E-state index in [-0.39, 0.29) is 11.4 Å². The van der Waals surface area contributed by atoms with E-state index in [0.717, 1.165) is 44.5 Å². The number of rotatable bonds is 3. The summed E-state index contributed by atoms with van der Waals surface area (Å²) in [7, 11) is 0. The van der Waals surface area contributed by atoms with Crippen molar-refractivity contribution in [1.29, 1.82) is 0 Å². The van der Waals surface area contributed by atoms with Crippen LogP contribution in [0, 0.1) is 41.5 Å². The molecule has 0 saturated heterocycles. The molecule has 2 aromatic rings. The third-order valence-electron chi connectivity index (χ3n) is 4.25. The zero-order valence-corrected chi connectivity index (χ0v) is 15.1. The summed E-state index contributed by atoms with van der Waals surface area (Å²) in [5.74, 6) is 0. The van der Waals surface area contributed by atoms with E-state index < -0.39 is 0 Å². The molecule has 24 heavy (non-hydrogen) atoms. The Morgan fingerprint density at radius 2 is 0.833 bits per heavy atom. The minimum absolute atomic E-state index is 0.280. The molecule has 0 spiro atoms. The first-order valence-electron chi connectivity index (χ1n) is 7.91. The maximum Gasteiger partial charge on any atom is 0.140 e. The van der Waals surface area contributed by atoms with Crippen molar-refractivity contribution < 1.29 is 10.4 Å². The first-order valence-corrected chi connectivity index (χ1v) is 7.91. The highest BCUT2D eigenvalue weighted by Crippen LogP contribution is 2.23. The van der Waals surface area contributed by atoms with Gasteiger partial charge in [0.1, 0.15) is 11.4 Å². The van der Waals surface area contributed by atoms with Crippen molar-refractivity contribution in [3.05, 3.63) is 68.8 Å². The maximum atomic E-state index is 9.69. The van der Waals surface area contributed by atoms with E-state index in [0.29, 0.717) is 0 Å². The Kier molecular flexibility index (Phi) is 5.07. The average Bonchev–Trinajstić information content (AvgIpc) is 2.46. The molecule has 0 aliphatic heterocycles. The van der Waals surface area contributed by atoms with Gasteiger partial charge in [-0.05, 0) is 63.8 Å². The Bertz CT molecular complexity index is 731. The van der Waals surface area contributed by atoms with Crippen LogP contribution in [-0.4, -0.2) is 21.8 Å². The van der Waals surface area contributed by atoms with Crippen molar-refractivity contribution in [2.24, 2.45) is 10.3 Å². The highest BCUT2D eigenvalue weighted by molar-refractivity contribution is 6.54. The van der Waals surface area contributed by atoms with Crippen molar-refractivity contribution in [2.45, 2.75) is 41.5 Å². The minimum Gasteiger partial charge on any atom is -0.410 e. The molecule has 0 heterocycles. The molecule has 4 heteroatoms. The van der Waals surface area contributed by atoms with Crippen LogP contribution in [0.5, 0.6) is 0 Å². The fraction of sp³-hybridized carbons (Fsp3) is 0.300. The van der Waals surface area contributed by atoms with E-state index in [2.05, 4.69) is 10.3 Å². The number of hydrogen-bond acceptors (Lipinski definition) is 4. The standard InChI is InChI=1S/C20H24N2O2/c1-11-7-13(3)17(14(4)8-11)19(21-23)20(22-24)18-15(5)9-12(2)10-16(18)6/h7-10,23-24H,1-6H3/b21-19+,22-20+. The molecule has 0 amide bonds. The van der Waals surface area contributed by atoms with E-state index in [1.807, 2.05) is 65.8 Å².